The van der Waals surface area contributed by atoms with E-state index < -0.39 is 83.7 Å². The Kier molecular flexibility index (Phi) is 10.3. The molecule has 9 N–H and O–H groups in total. The van der Waals surface area contributed by atoms with Gasteiger partial charge in [0.2, 0.25) is 0 Å². The van der Waals surface area contributed by atoms with E-state index in [1.807, 2.05) is 0 Å². The lowest BCUT2D eigenvalue weighted by Gasteiger charge is -2.36. The molecule has 182 valence electrons. The number of rotatable bonds is 12. The van der Waals surface area contributed by atoms with Crippen LogP contribution < -0.4 is 0 Å². The van der Waals surface area contributed by atoms with E-state index in [1.165, 1.54) is 0 Å². The van der Waals surface area contributed by atoms with Crippen molar-refractivity contribution in [2.45, 2.75) is 48.8 Å². The van der Waals surface area contributed by atoms with Crippen LogP contribution in [0.1, 0.15) is 0 Å². The molecule has 1 aliphatic heterocycles. The Morgan fingerprint density at radius 1 is 1.00 bits per heavy atom. The van der Waals surface area contributed by atoms with Crippen LogP contribution in [0.5, 0.6) is 0 Å². The van der Waals surface area contributed by atoms with Gasteiger partial charge in [-0.1, -0.05) is 0 Å². The van der Waals surface area contributed by atoms with Crippen LogP contribution in [-0.2, 0) is 37.0 Å². The summed E-state index contributed by atoms with van der Waals surface area (Å²) >= 11 is 0. The lowest BCUT2D eigenvalue weighted by molar-refractivity contribution is -0.204. The van der Waals surface area contributed by atoms with Gasteiger partial charge in [-0.3, -0.25) is 13.6 Å². The second kappa shape index (κ2) is 11.3. The highest BCUT2D eigenvalue weighted by molar-refractivity contribution is 7.47. The summed E-state index contributed by atoms with van der Waals surface area (Å²) in [7, 11) is -10.3. The first-order valence-corrected chi connectivity index (χ1v) is 11.2. The molecule has 1 rings (SSSR count). The first-order chi connectivity index (χ1) is 14.1. The van der Waals surface area contributed by atoms with Gasteiger partial charge in [0.1, 0.15) is 36.6 Å². The fourth-order valence-corrected chi connectivity index (χ4v) is 3.43. The average Bonchev–Trinajstić information content (AvgIpc) is 2.68. The van der Waals surface area contributed by atoms with E-state index in [4.69, 9.17) is 14.9 Å². The van der Waals surface area contributed by atoms with Crippen molar-refractivity contribution in [3.8, 4) is 0 Å². The predicted octanol–water partition coefficient (Wildman–Crippen LogP) is -5.11. The van der Waals surface area contributed by atoms with Crippen molar-refractivity contribution in [1.29, 1.82) is 0 Å². The zero-order chi connectivity index (χ0) is 24.1. The summed E-state index contributed by atoms with van der Waals surface area (Å²) in [5.74, 6) is -1.54. The number of aldehydes is 1. The van der Waals surface area contributed by atoms with Crippen molar-refractivity contribution in [3.63, 3.8) is 0 Å². The highest BCUT2D eigenvalue weighted by Gasteiger charge is 2.49. The number of hydrogen-bond donors (Lipinski definition) is 9. The van der Waals surface area contributed by atoms with Crippen molar-refractivity contribution in [1.82, 2.24) is 0 Å². The molecule has 1 saturated heterocycles. The largest absolute Gasteiger partial charge is 0.473 e. The van der Waals surface area contributed by atoms with Crippen LogP contribution in [0.25, 0.3) is 0 Å². The predicted molar refractivity (Wildman–Crippen MR) is 90.6 cm³/mol. The van der Waals surface area contributed by atoms with Gasteiger partial charge in [0.15, 0.2) is 18.5 Å². The average molecular weight is 500 g/mol. The number of hydrogen-bond acceptors (Lipinski definition) is 14. The zero-order valence-electron chi connectivity index (χ0n) is 15.3. The number of carbonyl (C=O) groups is 2. The summed E-state index contributed by atoms with van der Waals surface area (Å²) in [4.78, 5) is 49.0. The second-order valence-corrected chi connectivity index (χ2v) is 8.85. The van der Waals surface area contributed by atoms with Crippen LogP contribution >= 0.6 is 15.6 Å². The minimum atomic E-state index is -5.29. The number of cyclic esters (lactones) is 1. The van der Waals surface area contributed by atoms with Gasteiger partial charge < -0.3 is 54.9 Å². The van der Waals surface area contributed by atoms with E-state index in [-0.39, 0.29) is 6.29 Å². The van der Waals surface area contributed by atoms with Crippen LogP contribution in [0.2, 0.25) is 0 Å². The smallest absolute Gasteiger partial charge is 0.455 e. The molecular formula is C12H22O17P2. The molecule has 0 aromatic carbocycles. The monoisotopic (exact) mass is 500 g/mol. The fourth-order valence-electron chi connectivity index (χ4n) is 2.19. The molecule has 0 aliphatic carbocycles. The van der Waals surface area contributed by atoms with Crippen molar-refractivity contribution < 1.29 is 82.3 Å². The van der Waals surface area contributed by atoms with Crippen molar-refractivity contribution in [3.05, 3.63) is 0 Å². The van der Waals surface area contributed by atoms with Crippen LogP contribution in [0.4, 0.5) is 0 Å². The fraction of sp³-hybridized carbons (Fsp3) is 0.833. The highest BCUT2D eigenvalue weighted by Crippen LogP contribution is 2.46. The van der Waals surface area contributed by atoms with Crippen molar-refractivity contribution in [2.75, 3.05) is 13.2 Å². The third kappa shape index (κ3) is 8.53. The maximum absolute atomic E-state index is 11.9. The Hall–Kier alpha value is -0.880. The molecule has 9 atom stereocenters. The number of phosphoric acid groups is 2. The first-order valence-electron chi connectivity index (χ1n) is 8.19. The van der Waals surface area contributed by atoms with E-state index in [2.05, 4.69) is 18.3 Å². The zero-order valence-corrected chi connectivity index (χ0v) is 17.1. The number of ether oxygens (including phenoxy) is 1. The van der Waals surface area contributed by atoms with Crippen molar-refractivity contribution >= 4 is 27.9 Å². The molecule has 0 spiro atoms. The lowest BCUT2D eigenvalue weighted by atomic mass is 10.0. The molecular weight excluding hydrogens is 478 g/mol. The van der Waals surface area contributed by atoms with Gasteiger partial charge in [-0.2, -0.15) is 0 Å². The summed E-state index contributed by atoms with van der Waals surface area (Å²) in [5.41, 5.74) is 0. The Labute approximate surface area is 173 Å². The van der Waals surface area contributed by atoms with E-state index in [0.717, 1.165) is 0 Å². The number of carbonyl (C=O) groups excluding carboxylic acids is 2. The summed E-state index contributed by atoms with van der Waals surface area (Å²) in [6, 6.07) is 0. The van der Waals surface area contributed by atoms with Gasteiger partial charge in [0, 0.05) is 0 Å². The van der Waals surface area contributed by atoms with E-state index >= 15 is 0 Å². The summed E-state index contributed by atoms with van der Waals surface area (Å²) in [6.07, 6.45) is -17.1. The Morgan fingerprint density at radius 3 is 2.10 bits per heavy atom. The SMILES string of the molecule is O=C[C@H](O)[C@@H](O)[C@H](O)[C@H](O)COP(=O)(O)O[C@H]1C(=O)O[C@H](COP(=O)(O)O)[C@@H](O)[C@@H]1O. The molecule has 1 heterocycles. The number of aliphatic hydroxyl groups excluding tert-OH is 6. The van der Waals surface area contributed by atoms with Gasteiger partial charge in [-0.15, -0.1) is 0 Å². The van der Waals surface area contributed by atoms with Crippen LogP contribution in [0.15, 0.2) is 0 Å². The number of esters is 1. The number of phosphoric ester groups is 2. The van der Waals surface area contributed by atoms with Gasteiger partial charge in [-0.25, -0.2) is 13.9 Å². The second-order valence-electron chi connectivity index (χ2n) is 6.21. The van der Waals surface area contributed by atoms with Crippen LogP contribution in [0.3, 0.4) is 0 Å². The molecule has 0 aromatic heterocycles. The molecule has 0 bridgehead atoms. The molecule has 0 aromatic rings. The minimum Gasteiger partial charge on any atom is -0.455 e. The quantitative estimate of drug-likeness (QED) is 0.0687. The van der Waals surface area contributed by atoms with Crippen LogP contribution in [0, 0.1) is 0 Å². The molecule has 1 fully saturated rings. The summed E-state index contributed by atoms with van der Waals surface area (Å²) in [6.45, 7) is -2.26. The number of aliphatic hydroxyl groups is 6. The van der Waals surface area contributed by atoms with E-state index in [1.54, 1.807) is 0 Å². The molecule has 31 heavy (non-hydrogen) atoms. The van der Waals surface area contributed by atoms with Crippen LogP contribution in [-0.4, -0.2) is 120 Å². The van der Waals surface area contributed by atoms with Gasteiger partial charge in [-0.05, 0) is 0 Å². The Bertz CT molecular complexity index is 709. The van der Waals surface area contributed by atoms with E-state index in [9.17, 15) is 49.1 Å². The molecule has 1 aliphatic rings. The first kappa shape index (κ1) is 28.2. The molecule has 0 radical (unpaired) electrons. The highest BCUT2D eigenvalue weighted by atomic mass is 31.2. The van der Waals surface area contributed by atoms with E-state index in [0.29, 0.717) is 0 Å². The Balaban J connectivity index is 2.69. The standard InChI is InChI=1S/C12H22O17P2/c13-1-4(14)7(16)8(17)5(15)2-27-31(24,25)29-11-10(19)9(18)6(28-12(11)20)3-26-30(21,22)23/h1,4-11,14-19H,2-3H2,(H,24,25)(H2,21,22,23)/t4-,5+,6+,7+,8+,9+,10-,11+/m0/s1. The third-order valence-corrected chi connectivity index (χ3v) is 5.29. The molecule has 0 saturated carbocycles. The normalized spacial score (nSPS) is 30.5. The Morgan fingerprint density at radius 2 is 1.58 bits per heavy atom. The molecule has 0 amide bonds. The minimum absolute atomic E-state index is 0.152. The van der Waals surface area contributed by atoms with Crippen molar-refractivity contribution in [2.24, 2.45) is 0 Å². The maximum Gasteiger partial charge on any atom is 0.473 e. The molecule has 17 nitrogen and oxygen atoms in total. The van der Waals surface area contributed by atoms with Gasteiger partial charge in [0.25, 0.3) is 0 Å². The molecule has 1 unspecified atom stereocenters. The summed E-state index contributed by atoms with van der Waals surface area (Å²) < 4.78 is 39.8. The van der Waals surface area contributed by atoms with Gasteiger partial charge >= 0.3 is 21.6 Å². The molecule has 19 heteroatoms. The van der Waals surface area contributed by atoms with Gasteiger partial charge in [0.05, 0.1) is 13.2 Å². The third-order valence-electron chi connectivity index (χ3n) is 3.84. The lowest BCUT2D eigenvalue weighted by Crippen LogP contribution is -2.57. The maximum atomic E-state index is 11.9. The topological polar surface area (TPSA) is 287 Å². The summed E-state index contributed by atoms with van der Waals surface area (Å²) in [5, 5.41) is 57.3.